The third-order valence-corrected chi connectivity index (χ3v) is 8.74. The van der Waals surface area contributed by atoms with Crippen LogP contribution in [0.2, 0.25) is 0 Å². The zero-order valence-corrected chi connectivity index (χ0v) is 25.8. The van der Waals surface area contributed by atoms with E-state index in [0.717, 1.165) is 28.3 Å². The molecule has 9 nitrogen and oxygen atoms in total. The molecule has 0 aromatic heterocycles. The maximum Gasteiger partial charge on any atom is 0.264 e. The molecule has 1 N–H and O–H groups in total. The standard InChI is InChI=1S/C32H41N3O6S/c1-6-8-20-33-32(37)30(7-2)34(22-25-10-9-11-28(21-25)41-5)31(36)23-35(26-14-12-24(3)13-15-26)42(38,39)29-18-16-27(40-4)17-19-29/h9-19,21,30H,6-8,20,22-23H2,1-5H3,(H,33,37)/t30-/m1/s1. The van der Waals surface area contributed by atoms with Crippen molar-refractivity contribution in [1.29, 1.82) is 0 Å². The second kappa shape index (κ2) is 15.3. The van der Waals surface area contributed by atoms with Gasteiger partial charge < -0.3 is 19.7 Å². The molecule has 226 valence electrons. The topological polar surface area (TPSA) is 105 Å². The molecule has 0 aliphatic heterocycles. The molecule has 0 saturated heterocycles. The highest BCUT2D eigenvalue weighted by molar-refractivity contribution is 7.92. The van der Waals surface area contributed by atoms with Crippen LogP contribution in [0.1, 0.15) is 44.2 Å². The molecule has 10 heteroatoms. The first kappa shape index (κ1) is 32.5. The van der Waals surface area contributed by atoms with Gasteiger partial charge in [0.2, 0.25) is 11.8 Å². The van der Waals surface area contributed by atoms with Crippen LogP contribution in [-0.4, -0.2) is 58.5 Å². The summed E-state index contributed by atoms with van der Waals surface area (Å²) in [4.78, 5) is 28.9. The minimum atomic E-state index is -4.16. The molecular formula is C32H41N3O6S. The van der Waals surface area contributed by atoms with Gasteiger partial charge in [0.1, 0.15) is 24.1 Å². The molecule has 0 radical (unpaired) electrons. The molecule has 1 atom stereocenters. The molecule has 0 unspecified atom stereocenters. The van der Waals surface area contributed by atoms with Crippen LogP contribution in [0, 0.1) is 6.92 Å². The summed E-state index contributed by atoms with van der Waals surface area (Å²) in [6, 6.07) is 19.4. The molecular weight excluding hydrogens is 554 g/mol. The zero-order chi connectivity index (χ0) is 30.7. The van der Waals surface area contributed by atoms with E-state index in [9.17, 15) is 18.0 Å². The molecule has 0 saturated carbocycles. The third-order valence-electron chi connectivity index (χ3n) is 6.95. The maximum atomic E-state index is 14.2. The fourth-order valence-electron chi connectivity index (χ4n) is 4.51. The van der Waals surface area contributed by atoms with Gasteiger partial charge in [0.25, 0.3) is 10.0 Å². The molecule has 0 heterocycles. The average molecular weight is 596 g/mol. The zero-order valence-electron chi connectivity index (χ0n) is 25.0. The highest BCUT2D eigenvalue weighted by Crippen LogP contribution is 2.27. The second-order valence-electron chi connectivity index (χ2n) is 9.96. The van der Waals surface area contributed by atoms with Crippen molar-refractivity contribution in [3.8, 4) is 11.5 Å². The molecule has 2 amide bonds. The number of methoxy groups -OCH3 is 2. The molecule has 0 spiro atoms. The Morgan fingerprint density at radius 1 is 0.905 bits per heavy atom. The fourth-order valence-corrected chi connectivity index (χ4v) is 5.92. The van der Waals surface area contributed by atoms with E-state index in [1.54, 1.807) is 55.6 Å². The van der Waals surface area contributed by atoms with Crippen LogP contribution in [-0.2, 0) is 26.2 Å². The summed E-state index contributed by atoms with van der Waals surface area (Å²) in [7, 11) is -1.11. The van der Waals surface area contributed by atoms with Crippen molar-refractivity contribution in [2.45, 2.75) is 57.5 Å². The summed E-state index contributed by atoms with van der Waals surface area (Å²) in [5, 5.41) is 2.94. The highest BCUT2D eigenvalue weighted by Gasteiger charge is 2.33. The van der Waals surface area contributed by atoms with E-state index < -0.39 is 28.5 Å². The lowest BCUT2D eigenvalue weighted by Crippen LogP contribution is -2.52. The van der Waals surface area contributed by atoms with E-state index in [4.69, 9.17) is 9.47 Å². The van der Waals surface area contributed by atoms with E-state index in [0.29, 0.717) is 30.2 Å². The molecule has 0 fully saturated rings. The first-order valence-corrected chi connectivity index (χ1v) is 15.5. The second-order valence-corrected chi connectivity index (χ2v) is 11.8. The molecule has 0 aliphatic rings. The first-order valence-electron chi connectivity index (χ1n) is 14.1. The van der Waals surface area contributed by atoms with Gasteiger partial charge in [0.15, 0.2) is 0 Å². The summed E-state index contributed by atoms with van der Waals surface area (Å²) >= 11 is 0. The van der Waals surface area contributed by atoms with Crippen LogP contribution < -0.4 is 19.1 Å². The van der Waals surface area contributed by atoms with E-state index in [2.05, 4.69) is 5.32 Å². The lowest BCUT2D eigenvalue weighted by atomic mass is 10.1. The number of hydrogen-bond acceptors (Lipinski definition) is 6. The fraction of sp³-hybridized carbons (Fsp3) is 0.375. The van der Waals surface area contributed by atoms with Gasteiger partial charge in [0, 0.05) is 13.1 Å². The number of carbonyl (C=O) groups is 2. The number of ether oxygens (including phenoxy) is 2. The largest absolute Gasteiger partial charge is 0.497 e. The number of rotatable bonds is 15. The Labute approximate surface area is 249 Å². The number of nitrogens with zero attached hydrogens (tertiary/aromatic N) is 2. The van der Waals surface area contributed by atoms with Crippen molar-refractivity contribution < 1.29 is 27.5 Å². The number of anilines is 1. The number of benzene rings is 3. The number of hydrogen-bond donors (Lipinski definition) is 1. The predicted molar refractivity (Wildman–Crippen MR) is 164 cm³/mol. The SMILES string of the molecule is CCCCNC(=O)[C@@H](CC)N(Cc1cccc(OC)c1)C(=O)CN(c1ccc(C)cc1)S(=O)(=O)c1ccc(OC)cc1. The number of carbonyl (C=O) groups excluding carboxylic acids is 2. The molecule has 0 aliphatic carbocycles. The number of aryl methyl sites for hydroxylation is 1. The number of sulfonamides is 1. The Morgan fingerprint density at radius 2 is 1.57 bits per heavy atom. The van der Waals surface area contributed by atoms with Gasteiger partial charge in [-0.3, -0.25) is 13.9 Å². The Hall–Kier alpha value is -4.05. The van der Waals surface area contributed by atoms with E-state index in [1.807, 2.05) is 32.9 Å². The van der Waals surface area contributed by atoms with Gasteiger partial charge in [0.05, 0.1) is 24.8 Å². The van der Waals surface area contributed by atoms with Crippen molar-refractivity contribution in [2.75, 3.05) is 31.6 Å². The molecule has 3 aromatic rings. The van der Waals surface area contributed by atoms with Crippen molar-refractivity contribution in [3.05, 3.63) is 83.9 Å². The van der Waals surface area contributed by atoms with Gasteiger partial charge in [-0.1, -0.05) is 50.1 Å². The van der Waals surface area contributed by atoms with Crippen molar-refractivity contribution in [2.24, 2.45) is 0 Å². The van der Waals surface area contributed by atoms with Crippen LogP contribution in [0.15, 0.2) is 77.7 Å². The van der Waals surface area contributed by atoms with Crippen molar-refractivity contribution >= 4 is 27.5 Å². The Bertz CT molecular complexity index is 1430. The van der Waals surface area contributed by atoms with Crippen LogP contribution in [0.25, 0.3) is 0 Å². The average Bonchev–Trinajstić information content (AvgIpc) is 3.00. The minimum absolute atomic E-state index is 0.0142. The number of unbranched alkanes of at least 4 members (excludes halogenated alkanes) is 1. The van der Waals surface area contributed by atoms with Gasteiger partial charge in [-0.15, -0.1) is 0 Å². The summed E-state index contributed by atoms with van der Waals surface area (Å²) in [5.41, 5.74) is 2.04. The van der Waals surface area contributed by atoms with Gasteiger partial charge in [-0.2, -0.15) is 0 Å². The quantitative estimate of drug-likeness (QED) is 0.250. The smallest absolute Gasteiger partial charge is 0.264 e. The molecule has 3 rings (SSSR count). The lowest BCUT2D eigenvalue weighted by Gasteiger charge is -2.33. The van der Waals surface area contributed by atoms with Crippen molar-refractivity contribution in [1.82, 2.24) is 10.2 Å². The van der Waals surface area contributed by atoms with Crippen LogP contribution in [0.3, 0.4) is 0 Å². The Morgan fingerprint density at radius 3 is 2.17 bits per heavy atom. The molecule has 3 aromatic carbocycles. The third kappa shape index (κ3) is 8.25. The Kier molecular flexibility index (Phi) is 11.8. The van der Waals surface area contributed by atoms with Crippen LogP contribution in [0.5, 0.6) is 11.5 Å². The first-order chi connectivity index (χ1) is 20.1. The van der Waals surface area contributed by atoms with Gasteiger partial charge >= 0.3 is 0 Å². The summed E-state index contributed by atoms with van der Waals surface area (Å²) < 4.78 is 39.6. The normalized spacial score (nSPS) is 11.8. The highest BCUT2D eigenvalue weighted by atomic mass is 32.2. The maximum absolute atomic E-state index is 14.2. The predicted octanol–water partition coefficient (Wildman–Crippen LogP) is 4.93. The van der Waals surface area contributed by atoms with E-state index in [1.165, 1.54) is 24.1 Å². The lowest BCUT2D eigenvalue weighted by molar-refractivity contribution is -0.140. The molecule has 0 bridgehead atoms. The summed E-state index contributed by atoms with van der Waals surface area (Å²) in [6.07, 6.45) is 2.08. The van der Waals surface area contributed by atoms with E-state index >= 15 is 0 Å². The number of nitrogens with one attached hydrogen (secondary N) is 1. The van der Waals surface area contributed by atoms with Crippen molar-refractivity contribution in [3.63, 3.8) is 0 Å². The van der Waals surface area contributed by atoms with Crippen LogP contribution >= 0.6 is 0 Å². The summed E-state index contributed by atoms with van der Waals surface area (Å²) in [6.45, 7) is 5.86. The Balaban J connectivity index is 2.04. The van der Waals surface area contributed by atoms with Gasteiger partial charge in [-0.05, 0) is 73.9 Å². The van der Waals surface area contributed by atoms with E-state index in [-0.39, 0.29) is 17.3 Å². The minimum Gasteiger partial charge on any atom is -0.497 e. The molecule has 42 heavy (non-hydrogen) atoms. The van der Waals surface area contributed by atoms with Gasteiger partial charge in [-0.25, -0.2) is 8.42 Å². The number of amides is 2. The van der Waals surface area contributed by atoms with Crippen LogP contribution in [0.4, 0.5) is 5.69 Å². The monoisotopic (exact) mass is 595 g/mol. The summed E-state index contributed by atoms with van der Waals surface area (Å²) in [5.74, 6) is 0.343.